The summed E-state index contributed by atoms with van der Waals surface area (Å²) in [5, 5.41) is 0. The summed E-state index contributed by atoms with van der Waals surface area (Å²) in [7, 11) is -48.3. The van der Waals surface area contributed by atoms with Gasteiger partial charge in [0.2, 0.25) is 0 Å². The normalized spacial score (nSPS) is 23.9. The van der Waals surface area contributed by atoms with E-state index in [1.54, 1.807) is 0 Å². The molecular weight excluding hydrogens is 933 g/mol. The molecule has 0 spiro atoms. The molecule has 34 nitrogen and oxygen atoms in total. The summed E-state index contributed by atoms with van der Waals surface area (Å²) in [6.07, 6.45) is -25.6. The minimum atomic E-state index is -6.30. The predicted octanol–water partition coefficient (Wildman–Crippen LogP) is -6.51. The van der Waals surface area contributed by atoms with Crippen LogP contribution in [-0.2, 0) is 126 Å². The SMILES string of the molecule is O=S(=O)(O)OC[C@@H](OS(=O)(=O)O)[C@@H](OS(=O)(=O)O)[C@H](OS(=O)(=O)O)[C@@H](CO[C@@H]1OC[C@@H](OS(=O)(=O)O)[C@H](OS(=O)(=O)O)[C@H]1OS(=O)(=O)O)OS(=O)(=O)O. The lowest BCUT2D eigenvalue weighted by Crippen LogP contribution is -2.59. The molecule has 42 heteroatoms. The zero-order valence-electron chi connectivity index (χ0n) is 24.2. The minimum absolute atomic E-state index is 1.52. The smallest absolute Gasteiger partial charge is 0.347 e. The summed E-state index contributed by atoms with van der Waals surface area (Å²) >= 11 is 0. The van der Waals surface area contributed by atoms with E-state index in [9.17, 15) is 81.0 Å². The first-order chi connectivity index (χ1) is 23.2. The van der Waals surface area contributed by atoms with E-state index >= 15 is 0 Å². The number of rotatable bonds is 23. The summed E-state index contributed by atoms with van der Waals surface area (Å²) in [5.74, 6) is 0. The Bertz CT molecular complexity index is 2150. The average Bonchev–Trinajstić information content (AvgIpc) is 2.84. The van der Waals surface area contributed by atoms with E-state index in [2.05, 4.69) is 33.5 Å². The van der Waals surface area contributed by atoms with Gasteiger partial charge < -0.3 is 9.47 Å². The minimum Gasteiger partial charge on any atom is -0.347 e. The molecule has 1 heterocycles. The van der Waals surface area contributed by atoms with Crippen LogP contribution in [0.4, 0.5) is 0 Å². The van der Waals surface area contributed by atoms with E-state index in [0.29, 0.717) is 0 Å². The van der Waals surface area contributed by atoms with Crippen molar-refractivity contribution in [2.24, 2.45) is 0 Å². The fraction of sp³-hybridized carbons (Fsp3) is 1.00. The lowest BCUT2D eigenvalue weighted by atomic mass is 10.0. The van der Waals surface area contributed by atoms with E-state index in [0.717, 1.165) is 0 Å². The van der Waals surface area contributed by atoms with Crippen LogP contribution in [0.5, 0.6) is 0 Å². The molecule has 0 aromatic rings. The molecule has 1 aliphatic rings. The van der Waals surface area contributed by atoms with Crippen molar-refractivity contribution < 1.29 is 147 Å². The highest BCUT2D eigenvalue weighted by molar-refractivity contribution is 7.82. The third-order valence-electron chi connectivity index (χ3n) is 4.91. The first kappa shape index (κ1) is 49.9. The van der Waals surface area contributed by atoms with Crippen molar-refractivity contribution in [3.05, 3.63) is 0 Å². The van der Waals surface area contributed by atoms with Gasteiger partial charge in [-0.05, 0) is 0 Å². The maximum absolute atomic E-state index is 11.7. The standard InChI is InChI=1S/C11H22O34S8/c12-46(13,14)38-3-6(41-49(21,22)23)8(43-51(27,28)29)7(42-50(24,25)26)4(39-47(15,16)17)1-36-11-10(45-53(33,34)35)9(44-52(30,31)32)5(2-37-11)40-48(18,19)20/h4-11H,1-3H2,(H,12,13,14)(H,15,16,17)(H,18,19,20)(H,21,22,23)(H,24,25,26)(H,27,28,29)(H,30,31,32)(H,33,34,35)/t4-,5-,6-,7-,8-,9+,10-,11-/m1/s1. The van der Waals surface area contributed by atoms with E-state index in [1.165, 1.54) is 0 Å². The van der Waals surface area contributed by atoms with Gasteiger partial charge >= 0.3 is 83.2 Å². The van der Waals surface area contributed by atoms with Crippen LogP contribution in [-0.4, -0.2) is 173 Å². The molecule has 1 aliphatic heterocycles. The molecule has 1 saturated heterocycles. The van der Waals surface area contributed by atoms with Crippen LogP contribution < -0.4 is 0 Å². The molecular formula is C11H22O34S8. The largest absolute Gasteiger partial charge is 0.397 e. The lowest BCUT2D eigenvalue weighted by Gasteiger charge is -2.39. The van der Waals surface area contributed by atoms with E-state index in [1.807, 2.05) is 0 Å². The van der Waals surface area contributed by atoms with Gasteiger partial charge in [-0.3, -0.25) is 36.4 Å². The highest BCUT2D eigenvalue weighted by Crippen LogP contribution is 2.30. The molecule has 53 heavy (non-hydrogen) atoms. The van der Waals surface area contributed by atoms with Crippen molar-refractivity contribution >= 4 is 83.2 Å². The first-order valence-electron chi connectivity index (χ1n) is 11.7. The molecule has 0 aromatic carbocycles. The molecule has 0 radical (unpaired) electrons. The lowest BCUT2D eigenvalue weighted by molar-refractivity contribution is -0.263. The van der Waals surface area contributed by atoms with Gasteiger partial charge in [-0.15, -0.1) is 0 Å². The Balaban J connectivity index is 4.00. The summed E-state index contributed by atoms with van der Waals surface area (Å²) < 4.78 is 297. The van der Waals surface area contributed by atoms with Gasteiger partial charge in [0.05, 0.1) is 19.8 Å². The van der Waals surface area contributed by atoms with E-state index < -0.39 is 152 Å². The van der Waals surface area contributed by atoms with Crippen LogP contribution in [0, 0.1) is 0 Å². The van der Waals surface area contributed by atoms with Gasteiger partial charge in [0.1, 0.15) is 36.6 Å². The highest BCUT2D eigenvalue weighted by atomic mass is 32.3. The van der Waals surface area contributed by atoms with Crippen LogP contribution in [0.2, 0.25) is 0 Å². The van der Waals surface area contributed by atoms with Crippen molar-refractivity contribution in [2.75, 3.05) is 19.8 Å². The Morgan fingerprint density at radius 1 is 0.453 bits per heavy atom. The Kier molecular flexibility index (Phi) is 16.9. The van der Waals surface area contributed by atoms with Gasteiger partial charge in [0.15, 0.2) is 12.4 Å². The highest BCUT2D eigenvalue weighted by Gasteiger charge is 2.51. The molecule has 8 N–H and O–H groups in total. The average molecular weight is 955 g/mol. The van der Waals surface area contributed by atoms with Crippen LogP contribution in [0.15, 0.2) is 0 Å². The maximum atomic E-state index is 11.7. The second kappa shape index (κ2) is 18.0. The fourth-order valence-electron chi connectivity index (χ4n) is 3.57. The third kappa shape index (κ3) is 22.3. The molecule has 0 bridgehead atoms. The fourth-order valence-corrected chi connectivity index (χ4v) is 7.33. The second-order valence-corrected chi connectivity index (χ2v) is 17.3. The summed E-state index contributed by atoms with van der Waals surface area (Å²) in [4.78, 5) is 0. The van der Waals surface area contributed by atoms with Crippen molar-refractivity contribution in [1.29, 1.82) is 0 Å². The van der Waals surface area contributed by atoms with Gasteiger partial charge in [-0.2, -0.15) is 67.3 Å². The number of hydrogen-bond donors (Lipinski definition) is 8. The molecule has 0 amide bonds. The van der Waals surface area contributed by atoms with Crippen LogP contribution >= 0.6 is 0 Å². The second-order valence-electron chi connectivity index (χ2n) is 8.89. The number of hydrogen-bond acceptors (Lipinski definition) is 26. The topological polar surface area (TPSA) is 527 Å². The zero-order valence-corrected chi connectivity index (χ0v) is 30.7. The van der Waals surface area contributed by atoms with Gasteiger partial charge in [-0.25, -0.2) is 33.5 Å². The third-order valence-corrected chi connectivity index (χ3v) is 8.68. The van der Waals surface area contributed by atoms with Crippen molar-refractivity contribution in [1.82, 2.24) is 0 Å². The van der Waals surface area contributed by atoms with Crippen molar-refractivity contribution in [3.63, 3.8) is 0 Å². The maximum Gasteiger partial charge on any atom is 0.397 e. The molecule has 0 aromatic heterocycles. The molecule has 318 valence electrons. The summed E-state index contributed by atoms with van der Waals surface area (Å²) in [5.41, 5.74) is 0. The monoisotopic (exact) mass is 954 g/mol. The Labute approximate surface area is 297 Å². The molecule has 8 atom stereocenters. The Morgan fingerprint density at radius 3 is 1.15 bits per heavy atom. The Hall–Kier alpha value is -1.12. The van der Waals surface area contributed by atoms with Gasteiger partial charge in [-0.1, -0.05) is 0 Å². The molecule has 0 unspecified atom stereocenters. The van der Waals surface area contributed by atoms with Crippen LogP contribution in [0.3, 0.4) is 0 Å². The summed E-state index contributed by atoms with van der Waals surface area (Å²) in [6, 6.07) is 0. The Morgan fingerprint density at radius 2 is 0.811 bits per heavy atom. The first-order valence-corrected chi connectivity index (χ1v) is 22.6. The zero-order chi connectivity index (χ0) is 41.8. The predicted molar refractivity (Wildman–Crippen MR) is 148 cm³/mol. The summed E-state index contributed by atoms with van der Waals surface area (Å²) in [6.45, 7) is -5.85. The van der Waals surface area contributed by atoms with Crippen molar-refractivity contribution in [3.8, 4) is 0 Å². The van der Waals surface area contributed by atoms with Crippen LogP contribution in [0.25, 0.3) is 0 Å². The van der Waals surface area contributed by atoms with E-state index in [-0.39, 0.29) is 0 Å². The van der Waals surface area contributed by atoms with Gasteiger partial charge in [0.25, 0.3) is 0 Å². The van der Waals surface area contributed by atoms with Gasteiger partial charge in [0, 0.05) is 0 Å². The van der Waals surface area contributed by atoms with E-state index in [4.69, 9.17) is 32.2 Å². The van der Waals surface area contributed by atoms with Crippen molar-refractivity contribution in [2.45, 2.75) is 49.0 Å². The quantitative estimate of drug-likeness (QED) is 0.0441. The molecule has 1 rings (SSSR count). The molecule has 0 saturated carbocycles. The number of ether oxygens (including phenoxy) is 2. The molecule has 0 aliphatic carbocycles. The molecule has 1 fully saturated rings. The van der Waals surface area contributed by atoms with Crippen LogP contribution in [0.1, 0.15) is 0 Å².